The number of nitrogens with zero attached hydrogens (tertiary/aromatic N) is 1. The number of nitrogens with two attached hydrogens (primary N) is 1. The van der Waals surface area contributed by atoms with E-state index in [0.717, 1.165) is 12.1 Å². The van der Waals surface area contributed by atoms with Gasteiger partial charge in [0.25, 0.3) is 11.8 Å². The molecule has 0 radical (unpaired) electrons. The lowest BCUT2D eigenvalue weighted by Gasteiger charge is -2.24. The first-order chi connectivity index (χ1) is 16.3. The molecule has 0 heterocycles. The minimum absolute atomic E-state index is 0.0576. The number of carbonyl (C=O) groups is 2. The van der Waals surface area contributed by atoms with Crippen LogP contribution in [0.4, 0.5) is 14.5 Å². The standard InChI is InChI=1S/C25H24ClF2N3O3/c1-34-22-6-3-16(4-7-22)24(32)30-21-5-8-23(26)18(13-21)15-31(10-2-9-29)25(33)17-11-19(27)14-20(28)12-17/h3-8,11-14H,2,9-10,15,29H2,1H3,(H,30,32). The van der Waals surface area contributed by atoms with E-state index in [9.17, 15) is 18.4 Å². The van der Waals surface area contributed by atoms with Crippen molar-refractivity contribution in [1.29, 1.82) is 0 Å². The van der Waals surface area contributed by atoms with Crippen molar-refractivity contribution in [3.8, 4) is 5.75 Å². The second kappa shape index (κ2) is 11.6. The Balaban J connectivity index is 1.81. The first-order valence-electron chi connectivity index (χ1n) is 10.5. The smallest absolute Gasteiger partial charge is 0.255 e. The van der Waals surface area contributed by atoms with Crippen LogP contribution < -0.4 is 15.8 Å². The summed E-state index contributed by atoms with van der Waals surface area (Å²) in [5.41, 5.74) is 6.95. The molecule has 0 unspecified atom stereocenters. The Morgan fingerprint density at radius 2 is 1.68 bits per heavy atom. The van der Waals surface area contributed by atoms with Crippen molar-refractivity contribution in [3.05, 3.63) is 94.0 Å². The molecule has 3 rings (SSSR count). The van der Waals surface area contributed by atoms with Gasteiger partial charge < -0.3 is 20.7 Å². The van der Waals surface area contributed by atoms with E-state index < -0.39 is 17.5 Å². The fourth-order valence-corrected chi connectivity index (χ4v) is 3.50. The number of halogens is 3. The zero-order valence-electron chi connectivity index (χ0n) is 18.5. The first kappa shape index (κ1) is 25.1. The Kier molecular flexibility index (Phi) is 8.56. The minimum Gasteiger partial charge on any atom is -0.497 e. The maximum Gasteiger partial charge on any atom is 0.255 e. The average Bonchev–Trinajstić information content (AvgIpc) is 2.82. The third-order valence-corrected chi connectivity index (χ3v) is 5.41. The van der Waals surface area contributed by atoms with E-state index in [0.29, 0.717) is 46.6 Å². The normalized spacial score (nSPS) is 10.6. The molecule has 3 aromatic rings. The molecule has 0 saturated carbocycles. The van der Waals surface area contributed by atoms with Gasteiger partial charge in [0.1, 0.15) is 17.4 Å². The van der Waals surface area contributed by atoms with Crippen molar-refractivity contribution in [2.24, 2.45) is 5.73 Å². The van der Waals surface area contributed by atoms with E-state index in [1.54, 1.807) is 42.5 Å². The Hall–Kier alpha value is -3.49. The summed E-state index contributed by atoms with van der Waals surface area (Å²) in [4.78, 5) is 27.0. The molecular formula is C25H24ClF2N3O3. The maximum absolute atomic E-state index is 13.7. The predicted octanol–water partition coefficient (Wildman–Crippen LogP) is 4.87. The predicted molar refractivity (Wildman–Crippen MR) is 127 cm³/mol. The molecule has 0 aliphatic rings. The van der Waals surface area contributed by atoms with Crippen LogP contribution in [-0.4, -0.2) is 36.9 Å². The molecule has 6 nitrogen and oxygen atoms in total. The number of amides is 2. The number of methoxy groups -OCH3 is 1. The van der Waals surface area contributed by atoms with Crippen LogP contribution in [0.3, 0.4) is 0 Å². The minimum atomic E-state index is -0.844. The highest BCUT2D eigenvalue weighted by Crippen LogP contribution is 2.24. The SMILES string of the molecule is COc1ccc(C(=O)Nc2ccc(Cl)c(CN(CCCN)C(=O)c3cc(F)cc(F)c3)c2)cc1. The van der Waals surface area contributed by atoms with Crippen LogP contribution in [0.25, 0.3) is 0 Å². The molecule has 0 aliphatic carbocycles. The summed E-state index contributed by atoms with van der Waals surface area (Å²) in [6.07, 6.45) is 0.481. The second-order valence-electron chi connectivity index (χ2n) is 7.52. The highest BCUT2D eigenvalue weighted by atomic mass is 35.5. The summed E-state index contributed by atoms with van der Waals surface area (Å²) >= 11 is 6.35. The molecule has 0 aromatic heterocycles. The first-order valence-corrected chi connectivity index (χ1v) is 10.9. The Morgan fingerprint density at radius 3 is 2.29 bits per heavy atom. The van der Waals surface area contributed by atoms with Gasteiger partial charge in [0, 0.05) is 41.0 Å². The molecule has 34 heavy (non-hydrogen) atoms. The van der Waals surface area contributed by atoms with Crippen molar-refractivity contribution in [2.45, 2.75) is 13.0 Å². The van der Waals surface area contributed by atoms with Crippen molar-refractivity contribution in [3.63, 3.8) is 0 Å². The van der Waals surface area contributed by atoms with Crippen molar-refractivity contribution < 1.29 is 23.1 Å². The molecule has 178 valence electrons. The molecule has 0 saturated heterocycles. The van der Waals surface area contributed by atoms with Crippen molar-refractivity contribution >= 4 is 29.1 Å². The summed E-state index contributed by atoms with van der Waals surface area (Å²) in [5.74, 6) is -1.95. The van der Waals surface area contributed by atoms with Crippen molar-refractivity contribution in [2.75, 3.05) is 25.5 Å². The number of benzene rings is 3. The summed E-state index contributed by atoms with van der Waals surface area (Å²) < 4.78 is 32.4. The van der Waals surface area contributed by atoms with Gasteiger partial charge in [0.2, 0.25) is 0 Å². The van der Waals surface area contributed by atoms with Gasteiger partial charge in [0.05, 0.1) is 7.11 Å². The number of anilines is 1. The molecule has 3 aromatic carbocycles. The molecule has 0 spiro atoms. The largest absolute Gasteiger partial charge is 0.497 e. The molecule has 2 amide bonds. The molecule has 9 heteroatoms. The maximum atomic E-state index is 13.7. The van der Waals surface area contributed by atoms with Gasteiger partial charge in [-0.1, -0.05) is 11.6 Å². The summed E-state index contributed by atoms with van der Waals surface area (Å²) in [6.45, 7) is 0.640. The summed E-state index contributed by atoms with van der Waals surface area (Å²) in [6, 6.07) is 14.2. The van der Waals surface area contributed by atoms with Gasteiger partial charge in [-0.05, 0) is 73.1 Å². The number of hydrogen-bond donors (Lipinski definition) is 2. The van der Waals surface area contributed by atoms with Crippen molar-refractivity contribution in [1.82, 2.24) is 4.90 Å². The van der Waals surface area contributed by atoms with Gasteiger partial charge >= 0.3 is 0 Å². The molecule has 3 N–H and O–H groups in total. The lowest BCUT2D eigenvalue weighted by atomic mass is 10.1. The van der Waals surface area contributed by atoms with E-state index in [-0.39, 0.29) is 24.6 Å². The van der Waals surface area contributed by atoms with Gasteiger partial charge in [-0.15, -0.1) is 0 Å². The number of rotatable bonds is 9. The van der Waals surface area contributed by atoms with Crippen LogP contribution in [0.1, 0.15) is 32.7 Å². The highest BCUT2D eigenvalue weighted by Gasteiger charge is 2.19. The van der Waals surface area contributed by atoms with Gasteiger partial charge in [-0.3, -0.25) is 9.59 Å². The van der Waals surface area contributed by atoms with Crippen LogP contribution in [0.5, 0.6) is 5.75 Å². The quantitative estimate of drug-likeness (QED) is 0.451. The molecule has 0 atom stereocenters. The molecular weight excluding hydrogens is 464 g/mol. The Labute approximate surface area is 201 Å². The van der Waals surface area contributed by atoms with E-state index >= 15 is 0 Å². The fourth-order valence-electron chi connectivity index (χ4n) is 3.32. The van der Waals surface area contributed by atoms with E-state index in [1.807, 2.05) is 0 Å². The van der Waals surface area contributed by atoms with Crippen LogP contribution in [0, 0.1) is 11.6 Å². The van der Waals surface area contributed by atoms with Crippen LogP contribution in [0.2, 0.25) is 5.02 Å². The van der Waals surface area contributed by atoms with Crippen LogP contribution in [-0.2, 0) is 6.54 Å². The zero-order chi connectivity index (χ0) is 24.7. The third kappa shape index (κ3) is 6.52. The zero-order valence-corrected chi connectivity index (χ0v) is 19.2. The Bertz CT molecular complexity index is 1150. The summed E-state index contributed by atoms with van der Waals surface area (Å²) in [5, 5.41) is 3.17. The number of carbonyl (C=O) groups excluding carboxylic acids is 2. The van der Waals surface area contributed by atoms with Gasteiger partial charge in [-0.25, -0.2) is 8.78 Å². The Morgan fingerprint density at radius 1 is 1.00 bits per heavy atom. The second-order valence-corrected chi connectivity index (χ2v) is 7.92. The highest BCUT2D eigenvalue weighted by molar-refractivity contribution is 6.31. The topological polar surface area (TPSA) is 84.7 Å². The number of nitrogens with one attached hydrogen (secondary N) is 1. The van der Waals surface area contributed by atoms with Gasteiger partial charge in [0.15, 0.2) is 0 Å². The summed E-state index contributed by atoms with van der Waals surface area (Å²) in [7, 11) is 1.54. The fraction of sp³-hybridized carbons (Fsp3) is 0.200. The molecule has 0 bridgehead atoms. The van der Waals surface area contributed by atoms with E-state index in [4.69, 9.17) is 22.1 Å². The molecule has 0 fully saturated rings. The van der Waals surface area contributed by atoms with E-state index in [2.05, 4.69) is 5.32 Å². The van der Waals surface area contributed by atoms with Crippen LogP contribution >= 0.6 is 11.6 Å². The number of ether oxygens (including phenoxy) is 1. The van der Waals surface area contributed by atoms with Crippen LogP contribution in [0.15, 0.2) is 60.7 Å². The van der Waals surface area contributed by atoms with E-state index in [1.165, 1.54) is 12.0 Å². The lowest BCUT2D eigenvalue weighted by Crippen LogP contribution is -2.33. The molecule has 0 aliphatic heterocycles. The number of hydrogen-bond acceptors (Lipinski definition) is 4. The van der Waals surface area contributed by atoms with Gasteiger partial charge in [-0.2, -0.15) is 0 Å². The lowest BCUT2D eigenvalue weighted by molar-refractivity contribution is 0.0741. The monoisotopic (exact) mass is 487 g/mol. The average molecular weight is 488 g/mol. The third-order valence-electron chi connectivity index (χ3n) is 5.05.